The fourth-order valence-electron chi connectivity index (χ4n) is 6.21. The molecule has 0 aliphatic heterocycles. The van der Waals surface area contributed by atoms with Crippen LogP contribution in [-0.4, -0.2) is 6.11 Å². The SMILES string of the molecule is CCCCCC1CCC(c2ccc(-c3ccc(-c4cc(F)c(/C=C/C(F)(F)Oc5cc(F)c(F)c(F)c5)c(F)c4)c(F)c3)cc2)CC1. The van der Waals surface area contributed by atoms with Crippen LogP contribution in [0.5, 0.6) is 5.75 Å². The quantitative estimate of drug-likeness (QED) is 0.0885. The molecule has 4 aromatic carbocycles. The van der Waals surface area contributed by atoms with Gasteiger partial charge < -0.3 is 4.74 Å². The lowest BCUT2D eigenvalue weighted by Crippen LogP contribution is -2.21. The van der Waals surface area contributed by atoms with Gasteiger partial charge in [-0.1, -0.05) is 69.0 Å². The fraction of sp³-hybridized carbons (Fsp3) is 0.316. The zero-order valence-electron chi connectivity index (χ0n) is 25.7. The number of alkyl halides is 2. The first kappa shape index (κ1) is 34.2. The Bertz CT molecular complexity index is 1680. The molecule has 0 aromatic heterocycles. The summed E-state index contributed by atoms with van der Waals surface area (Å²) in [7, 11) is 0. The van der Waals surface area contributed by atoms with E-state index in [0.717, 1.165) is 36.5 Å². The van der Waals surface area contributed by atoms with Crippen LogP contribution in [-0.2, 0) is 0 Å². The van der Waals surface area contributed by atoms with E-state index in [1.54, 1.807) is 6.07 Å². The molecule has 47 heavy (non-hydrogen) atoms. The van der Waals surface area contributed by atoms with Crippen LogP contribution in [0.2, 0.25) is 0 Å². The van der Waals surface area contributed by atoms with Gasteiger partial charge in [-0.2, -0.15) is 8.78 Å². The van der Waals surface area contributed by atoms with Gasteiger partial charge in [-0.05, 0) is 84.0 Å². The average Bonchev–Trinajstić information content (AvgIpc) is 3.03. The molecule has 0 saturated heterocycles. The third kappa shape index (κ3) is 8.42. The summed E-state index contributed by atoms with van der Waals surface area (Å²) in [5, 5.41) is 0. The first-order valence-corrected chi connectivity index (χ1v) is 15.7. The highest BCUT2D eigenvalue weighted by Crippen LogP contribution is 2.39. The molecule has 1 nitrogen and oxygen atoms in total. The standard InChI is InChI=1S/C38H34F8O/c1-2-3-4-5-23-6-8-24(9-7-23)25-10-12-26(13-11-25)27-14-15-30(32(39)18-27)28-19-33(40)31(34(41)20-28)16-17-38(45,46)47-29-21-35(42)37(44)36(43)22-29/h10-24H,2-9H2,1H3/b17-16+. The summed E-state index contributed by atoms with van der Waals surface area (Å²) >= 11 is 0. The molecule has 1 aliphatic carbocycles. The van der Waals surface area contributed by atoms with Crippen molar-refractivity contribution in [2.24, 2.45) is 5.92 Å². The number of unbranched alkanes of at least 4 members (excludes halogenated alkanes) is 2. The van der Waals surface area contributed by atoms with Gasteiger partial charge in [0.05, 0.1) is 0 Å². The van der Waals surface area contributed by atoms with Gasteiger partial charge in [0.15, 0.2) is 17.5 Å². The van der Waals surface area contributed by atoms with E-state index in [-0.39, 0.29) is 29.3 Å². The van der Waals surface area contributed by atoms with E-state index in [1.807, 2.05) is 12.1 Å². The van der Waals surface area contributed by atoms with Crippen molar-refractivity contribution in [3.63, 3.8) is 0 Å². The van der Waals surface area contributed by atoms with Crippen LogP contribution >= 0.6 is 0 Å². The molecular weight excluding hydrogens is 624 g/mol. The summed E-state index contributed by atoms with van der Waals surface area (Å²) in [4.78, 5) is 0. The van der Waals surface area contributed by atoms with E-state index in [4.69, 9.17) is 0 Å². The Morgan fingerprint density at radius 2 is 1.28 bits per heavy atom. The van der Waals surface area contributed by atoms with Gasteiger partial charge >= 0.3 is 6.11 Å². The molecule has 1 saturated carbocycles. The van der Waals surface area contributed by atoms with E-state index in [9.17, 15) is 30.7 Å². The second-order valence-corrected chi connectivity index (χ2v) is 12.1. The molecule has 0 bridgehead atoms. The molecule has 5 rings (SSSR count). The molecule has 248 valence electrons. The minimum Gasteiger partial charge on any atom is -0.429 e. The van der Waals surface area contributed by atoms with Crippen molar-refractivity contribution in [2.45, 2.75) is 70.3 Å². The number of hydrogen-bond donors (Lipinski definition) is 0. The van der Waals surface area contributed by atoms with Crippen LogP contribution in [0.3, 0.4) is 0 Å². The highest BCUT2D eigenvalue weighted by molar-refractivity contribution is 5.72. The fourth-order valence-corrected chi connectivity index (χ4v) is 6.21. The Balaban J connectivity index is 1.26. The van der Waals surface area contributed by atoms with E-state index >= 15 is 4.39 Å². The van der Waals surface area contributed by atoms with Crippen molar-refractivity contribution in [3.8, 4) is 28.0 Å². The summed E-state index contributed by atoms with van der Waals surface area (Å²) < 4.78 is 117. The summed E-state index contributed by atoms with van der Waals surface area (Å²) in [5.74, 6) is -8.37. The van der Waals surface area contributed by atoms with Gasteiger partial charge in [0.2, 0.25) is 0 Å². The van der Waals surface area contributed by atoms with Crippen molar-refractivity contribution in [1.82, 2.24) is 0 Å². The molecule has 1 aliphatic rings. The molecular formula is C38H34F8O. The maximum atomic E-state index is 15.2. The smallest absolute Gasteiger partial charge is 0.419 e. The van der Waals surface area contributed by atoms with Gasteiger partial charge in [0.1, 0.15) is 23.2 Å². The van der Waals surface area contributed by atoms with Crippen LogP contribution < -0.4 is 4.74 Å². The number of ether oxygens (including phenoxy) is 1. The van der Waals surface area contributed by atoms with Crippen molar-refractivity contribution >= 4 is 6.08 Å². The largest absolute Gasteiger partial charge is 0.429 e. The summed E-state index contributed by atoms with van der Waals surface area (Å²) in [6.07, 6.45) is 6.02. The van der Waals surface area contributed by atoms with Gasteiger partial charge in [-0.25, -0.2) is 26.3 Å². The number of halogens is 8. The predicted molar refractivity (Wildman–Crippen MR) is 167 cm³/mol. The van der Waals surface area contributed by atoms with Crippen molar-refractivity contribution in [3.05, 3.63) is 119 Å². The van der Waals surface area contributed by atoms with Crippen LogP contribution in [0.4, 0.5) is 35.1 Å². The molecule has 4 aromatic rings. The van der Waals surface area contributed by atoms with E-state index in [1.165, 1.54) is 56.2 Å². The van der Waals surface area contributed by atoms with Gasteiger partial charge in [-0.15, -0.1) is 0 Å². The Labute approximate surface area is 268 Å². The van der Waals surface area contributed by atoms with E-state index < -0.39 is 52.3 Å². The third-order valence-electron chi connectivity index (χ3n) is 8.79. The molecule has 0 amide bonds. The Hall–Kier alpha value is -4.14. The monoisotopic (exact) mass is 658 g/mol. The molecule has 1 fully saturated rings. The second kappa shape index (κ2) is 14.7. The van der Waals surface area contributed by atoms with E-state index in [2.05, 4.69) is 23.8 Å². The Morgan fingerprint density at radius 1 is 0.681 bits per heavy atom. The lowest BCUT2D eigenvalue weighted by Gasteiger charge is -2.29. The minimum absolute atomic E-state index is 0.0341. The van der Waals surface area contributed by atoms with Crippen LogP contribution in [0.15, 0.2) is 72.8 Å². The first-order chi connectivity index (χ1) is 22.4. The average molecular weight is 659 g/mol. The molecule has 0 N–H and O–H groups in total. The maximum Gasteiger partial charge on any atom is 0.419 e. The molecule has 0 heterocycles. The Kier molecular flexibility index (Phi) is 10.7. The second-order valence-electron chi connectivity index (χ2n) is 12.1. The first-order valence-electron chi connectivity index (χ1n) is 15.7. The molecule has 0 unspecified atom stereocenters. The highest BCUT2D eigenvalue weighted by Gasteiger charge is 2.29. The molecule has 9 heteroatoms. The topological polar surface area (TPSA) is 9.23 Å². The van der Waals surface area contributed by atoms with Crippen LogP contribution in [0.1, 0.15) is 75.3 Å². The summed E-state index contributed by atoms with van der Waals surface area (Å²) in [6.45, 7) is 2.22. The molecule has 0 radical (unpaired) electrons. The predicted octanol–water partition coefficient (Wildman–Crippen LogP) is 12.4. The lowest BCUT2D eigenvalue weighted by atomic mass is 9.77. The van der Waals surface area contributed by atoms with Gasteiger partial charge in [-0.3, -0.25) is 0 Å². The third-order valence-corrected chi connectivity index (χ3v) is 8.79. The lowest BCUT2D eigenvalue weighted by molar-refractivity contribution is -0.131. The minimum atomic E-state index is -4.28. The Morgan fingerprint density at radius 3 is 1.87 bits per heavy atom. The zero-order chi connectivity index (χ0) is 33.7. The van der Waals surface area contributed by atoms with Gasteiger partial charge in [0.25, 0.3) is 0 Å². The van der Waals surface area contributed by atoms with Crippen LogP contribution in [0.25, 0.3) is 28.3 Å². The zero-order valence-corrected chi connectivity index (χ0v) is 25.7. The summed E-state index contributed by atoms with van der Waals surface area (Å²) in [5.41, 5.74) is 1.52. The van der Waals surface area contributed by atoms with Gasteiger partial charge in [0, 0.05) is 29.3 Å². The van der Waals surface area contributed by atoms with Crippen molar-refractivity contribution in [2.75, 3.05) is 0 Å². The number of benzene rings is 4. The number of rotatable bonds is 11. The molecule has 0 spiro atoms. The number of hydrogen-bond acceptors (Lipinski definition) is 1. The van der Waals surface area contributed by atoms with Crippen LogP contribution in [0, 0.1) is 40.8 Å². The van der Waals surface area contributed by atoms with Crippen molar-refractivity contribution < 1.29 is 39.9 Å². The maximum absolute atomic E-state index is 15.2. The summed E-state index contributed by atoms with van der Waals surface area (Å²) in [6, 6.07) is 14.3. The van der Waals surface area contributed by atoms with Crippen molar-refractivity contribution in [1.29, 1.82) is 0 Å². The molecule has 0 atom stereocenters. The van der Waals surface area contributed by atoms with E-state index in [0.29, 0.717) is 17.6 Å². The normalized spacial score (nSPS) is 17.0. The highest BCUT2D eigenvalue weighted by atomic mass is 19.3.